The minimum absolute atomic E-state index is 0.0450. The molecule has 2 N–H and O–H groups in total. The molecule has 0 spiro atoms. The van der Waals surface area contributed by atoms with Crippen molar-refractivity contribution in [3.63, 3.8) is 0 Å². The zero-order valence-corrected chi connectivity index (χ0v) is 16.7. The van der Waals surface area contributed by atoms with E-state index in [9.17, 15) is 9.59 Å². The quantitative estimate of drug-likeness (QED) is 0.808. The number of amides is 3. The SMILES string of the molecule is CC(NC(=O)N1CCN(CC(=O)Nc2ccccc2)CC1)c1ccccc1Cl. The Morgan fingerprint density at radius 2 is 1.64 bits per heavy atom. The topological polar surface area (TPSA) is 64.7 Å². The molecule has 6 nitrogen and oxygen atoms in total. The van der Waals surface area contributed by atoms with Crippen molar-refractivity contribution in [2.75, 3.05) is 38.0 Å². The van der Waals surface area contributed by atoms with Crippen molar-refractivity contribution in [1.29, 1.82) is 0 Å². The van der Waals surface area contributed by atoms with Crippen LogP contribution in [0.3, 0.4) is 0 Å². The maximum Gasteiger partial charge on any atom is 0.317 e. The van der Waals surface area contributed by atoms with Gasteiger partial charge < -0.3 is 15.5 Å². The van der Waals surface area contributed by atoms with Crippen molar-refractivity contribution in [2.45, 2.75) is 13.0 Å². The van der Waals surface area contributed by atoms with Gasteiger partial charge in [0.2, 0.25) is 5.91 Å². The van der Waals surface area contributed by atoms with Gasteiger partial charge in [0.25, 0.3) is 0 Å². The zero-order chi connectivity index (χ0) is 19.9. The molecule has 1 aliphatic rings. The van der Waals surface area contributed by atoms with E-state index in [0.29, 0.717) is 37.7 Å². The smallest absolute Gasteiger partial charge is 0.317 e. The van der Waals surface area contributed by atoms with E-state index in [1.54, 1.807) is 4.90 Å². The number of rotatable bonds is 5. The standard InChI is InChI=1S/C21H25ClN4O2/c1-16(18-9-5-6-10-19(18)22)23-21(28)26-13-11-25(12-14-26)15-20(27)24-17-7-3-2-4-8-17/h2-10,16H,11-15H2,1H3,(H,23,28)(H,24,27). The highest BCUT2D eigenvalue weighted by Gasteiger charge is 2.24. The van der Waals surface area contributed by atoms with Crippen LogP contribution < -0.4 is 10.6 Å². The molecule has 2 aromatic rings. The monoisotopic (exact) mass is 400 g/mol. The van der Waals surface area contributed by atoms with E-state index in [-0.39, 0.29) is 18.0 Å². The van der Waals surface area contributed by atoms with Crippen molar-refractivity contribution in [2.24, 2.45) is 0 Å². The van der Waals surface area contributed by atoms with Crippen molar-refractivity contribution in [3.05, 3.63) is 65.2 Å². The van der Waals surface area contributed by atoms with Crippen LogP contribution in [0.5, 0.6) is 0 Å². The third-order valence-corrected chi connectivity index (χ3v) is 5.14. The van der Waals surface area contributed by atoms with E-state index >= 15 is 0 Å². The Labute approximate surface area is 170 Å². The molecule has 0 saturated carbocycles. The first-order valence-electron chi connectivity index (χ1n) is 9.40. The first-order chi connectivity index (χ1) is 13.5. The fraction of sp³-hybridized carbons (Fsp3) is 0.333. The van der Waals surface area contributed by atoms with Crippen LogP contribution in [0.1, 0.15) is 18.5 Å². The van der Waals surface area contributed by atoms with Gasteiger partial charge in [0.1, 0.15) is 0 Å². The molecule has 1 heterocycles. The first-order valence-corrected chi connectivity index (χ1v) is 9.78. The summed E-state index contributed by atoms with van der Waals surface area (Å²) in [7, 11) is 0. The van der Waals surface area contributed by atoms with Gasteiger partial charge in [-0.15, -0.1) is 0 Å². The van der Waals surface area contributed by atoms with Gasteiger partial charge >= 0.3 is 6.03 Å². The number of anilines is 1. The Bertz CT molecular complexity index is 807. The van der Waals surface area contributed by atoms with E-state index < -0.39 is 0 Å². The van der Waals surface area contributed by atoms with Gasteiger partial charge in [-0.05, 0) is 30.7 Å². The lowest BCUT2D eigenvalue weighted by Crippen LogP contribution is -2.53. The summed E-state index contributed by atoms with van der Waals surface area (Å²) in [6.45, 7) is 4.73. The number of hydrogen-bond acceptors (Lipinski definition) is 3. The van der Waals surface area contributed by atoms with Gasteiger partial charge in [-0.2, -0.15) is 0 Å². The number of para-hydroxylation sites is 1. The normalized spacial score (nSPS) is 15.7. The molecule has 2 aromatic carbocycles. The maximum absolute atomic E-state index is 12.5. The molecule has 0 aromatic heterocycles. The number of carbonyl (C=O) groups excluding carboxylic acids is 2. The number of benzene rings is 2. The van der Waals surface area contributed by atoms with E-state index in [0.717, 1.165) is 11.3 Å². The minimum Gasteiger partial charge on any atom is -0.331 e. The Balaban J connectivity index is 1.44. The van der Waals surface area contributed by atoms with E-state index in [2.05, 4.69) is 15.5 Å². The summed E-state index contributed by atoms with van der Waals surface area (Å²) in [6, 6.07) is 16.6. The predicted molar refractivity (Wildman–Crippen MR) is 111 cm³/mol. The molecule has 1 unspecified atom stereocenters. The van der Waals surface area contributed by atoms with Gasteiger partial charge in [-0.3, -0.25) is 9.69 Å². The van der Waals surface area contributed by atoms with Crippen LogP contribution >= 0.6 is 11.6 Å². The van der Waals surface area contributed by atoms with Crippen molar-refractivity contribution in [3.8, 4) is 0 Å². The lowest BCUT2D eigenvalue weighted by Gasteiger charge is -2.35. The number of hydrogen-bond donors (Lipinski definition) is 2. The summed E-state index contributed by atoms with van der Waals surface area (Å²) in [6.07, 6.45) is 0. The van der Waals surface area contributed by atoms with Crippen LogP contribution in [0.25, 0.3) is 0 Å². The van der Waals surface area contributed by atoms with Gasteiger partial charge in [0.15, 0.2) is 0 Å². The van der Waals surface area contributed by atoms with Crippen LogP contribution in [0.15, 0.2) is 54.6 Å². The highest BCUT2D eigenvalue weighted by Crippen LogP contribution is 2.22. The molecule has 1 atom stereocenters. The number of halogens is 1. The number of urea groups is 1. The first kappa shape index (κ1) is 20.2. The predicted octanol–water partition coefficient (Wildman–Crippen LogP) is 3.37. The molecule has 1 saturated heterocycles. The van der Waals surface area contributed by atoms with E-state index in [1.165, 1.54) is 0 Å². The third-order valence-electron chi connectivity index (χ3n) is 4.80. The maximum atomic E-state index is 12.5. The average molecular weight is 401 g/mol. The van der Waals surface area contributed by atoms with Crippen molar-refractivity contribution < 1.29 is 9.59 Å². The number of nitrogens with one attached hydrogen (secondary N) is 2. The highest BCUT2D eigenvalue weighted by molar-refractivity contribution is 6.31. The molecule has 3 amide bonds. The third kappa shape index (κ3) is 5.47. The lowest BCUT2D eigenvalue weighted by atomic mass is 10.1. The Kier molecular flexibility index (Phi) is 6.90. The van der Waals surface area contributed by atoms with Crippen molar-refractivity contribution >= 4 is 29.2 Å². The second-order valence-corrected chi connectivity index (χ2v) is 7.28. The van der Waals surface area contributed by atoms with Crippen LogP contribution in [-0.2, 0) is 4.79 Å². The zero-order valence-electron chi connectivity index (χ0n) is 15.9. The molecule has 0 radical (unpaired) electrons. The Morgan fingerprint density at radius 1 is 1.00 bits per heavy atom. The largest absolute Gasteiger partial charge is 0.331 e. The minimum atomic E-state index is -0.170. The van der Waals surface area contributed by atoms with Gasteiger partial charge in [0, 0.05) is 36.9 Å². The van der Waals surface area contributed by atoms with Gasteiger partial charge in [-0.1, -0.05) is 48.0 Å². The fourth-order valence-corrected chi connectivity index (χ4v) is 3.51. The van der Waals surface area contributed by atoms with Crippen LogP contribution in [0.2, 0.25) is 5.02 Å². The van der Waals surface area contributed by atoms with Gasteiger partial charge in [-0.25, -0.2) is 4.79 Å². The summed E-state index contributed by atoms with van der Waals surface area (Å²) in [5, 5.41) is 6.53. The van der Waals surface area contributed by atoms with Crippen molar-refractivity contribution in [1.82, 2.24) is 15.1 Å². The van der Waals surface area contributed by atoms with Crippen LogP contribution in [-0.4, -0.2) is 54.5 Å². The Morgan fingerprint density at radius 3 is 2.32 bits per heavy atom. The molecule has 0 aliphatic carbocycles. The molecule has 3 rings (SSSR count). The molecule has 7 heteroatoms. The molecule has 28 heavy (non-hydrogen) atoms. The summed E-state index contributed by atoms with van der Waals surface area (Å²) < 4.78 is 0. The second-order valence-electron chi connectivity index (χ2n) is 6.87. The van der Waals surface area contributed by atoms with Gasteiger partial charge in [0.05, 0.1) is 12.6 Å². The fourth-order valence-electron chi connectivity index (χ4n) is 3.21. The summed E-state index contributed by atoms with van der Waals surface area (Å²) in [5.74, 6) is -0.0450. The molecule has 148 valence electrons. The number of carbonyl (C=O) groups is 2. The average Bonchev–Trinajstić information content (AvgIpc) is 2.69. The lowest BCUT2D eigenvalue weighted by molar-refractivity contribution is -0.117. The molecule has 1 fully saturated rings. The molecule has 1 aliphatic heterocycles. The molecular weight excluding hydrogens is 376 g/mol. The number of nitrogens with zero attached hydrogens (tertiary/aromatic N) is 2. The number of piperazine rings is 1. The van der Waals surface area contributed by atoms with E-state index in [1.807, 2.05) is 61.5 Å². The van der Waals surface area contributed by atoms with Crippen LogP contribution in [0.4, 0.5) is 10.5 Å². The molecular formula is C21H25ClN4O2. The summed E-state index contributed by atoms with van der Waals surface area (Å²) >= 11 is 6.20. The summed E-state index contributed by atoms with van der Waals surface area (Å²) in [5.41, 5.74) is 1.69. The van der Waals surface area contributed by atoms with Crippen LogP contribution in [0, 0.1) is 0 Å². The molecule has 0 bridgehead atoms. The summed E-state index contributed by atoms with van der Waals surface area (Å²) in [4.78, 5) is 28.5. The highest BCUT2D eigenvalue weighted by atomic mass is 35.5. The Hall–Kier alpha value is -2.57. The second kappa shape index (κ2) is 9.57. The van der Waals surface area contributed by atoms with E-state index in [4.69, 9.17) is 11.6 Å².